The highest BCUT2D eigenvalue weighted by molar-refractivity contribution is 7.22. The third-order valence-electron chi connectivity index (χ3n) is 4.50. The molecule has 9 nitrogen and oxygen atoms in total. The van der Waals surface area contributed by atoms with E-state index in [1.165, 1.54) is 31.8 Å². The largest absolute Gasteiger partial charge is 0.497 e. The Morgan fingerprint density at radius 3 is 2.70 bits per heavy atom. The van der Waals surface area contributed by atoms with Crippen molar-refractivity contribution in [3.8, 4) is 17.2 Å². The first kappa shape index (κ1) is 19.6. The van der Waals surface area contributed by atoms with E-state index < -0.39 is 11.5 Å². The number of thiazole rings is 1. The fourth-order valence-electron chi connectivity index (χ4n) is 3.08. The van der Waals surface area contributed by atoms with Crippen LogP contribution in [0.25, 0.3) is 21.0 Å². The molecule has 30 heavy (non-hydrogen) atoms. The lowest BCUT2D eigenvalue weighted by Crippen LogP contribution is -2.29. The lowest BCUT2D eigenvalue weighted by molar-refractivity contribution is -0.117. The molecule has 0 aliphatic rings. The third kappa shape index (κ3) is 3.52. The van der Waals surface area contributed by atoms with Gasteiger partial charge in [0, 0.05) is 5.39 Å². The molecule has 1 amide bonds. The second kappa shape index (κ2) is 7.99. The molecule has 0 unspecified atom stereocenters. The second-order valence-electron chi connectivity index (χ2n) is 6.27. The molecular weight excluding hydrogens is 408 g/mol. The molecule has 0 atom stereocenters. The van der Waals surface area contributed by atoms with Gasteiger partial charge in [0.25, 0.3) is 5.56 Å². The van der Waals surface area contributed by atoms with Gasteiger partial charge in [-0.05, 0) is 30.3 Å². The predicted octanol–water partition coefficient (Wildman–Crippen LogP) is 2.67. The maximum absolute atomic E-state index is 12.9. The zero-order chi connectivity index (χ0) is 21.3. The Hall–Kier alpha value is -3.66. The summed E-state index contributed by atoms with van der Waals surface area (Å²) in [5.74, 6) is 1.02. The van der Waals surface area contributed by atoms with Gasteiger partial charge < -0.3 is 19.5 Å². The van der Waals surface area contributed by atoms with Gasteiger partial charge in [-0.15, -0.1) is 0 Å². The molecule has 154 valence electrons. The fraction of sp³-hybridized carbons (Fsp3) is 0.200. The van der Waals surface area contributed by atoms with Crippen molar-refractivity contribution in [1.82, 2.24) is 14.8 Å². The standard InChI is InChI=1S/C20H18N4O5S/c1-27-12-5-6-13-15(8-12)30-20(22-13)23-16(25)10-24-19(26)17-11(9-21-24)4-7-14(28-2)18(17)29-3/h4-9H,10H2,1-3H3,(H,22,23,25). The minimum atomic E-state index is -0.451. The Kier molecular flexibility index (Phi) is 5.23. The van der Waals surface area contributed by atoms with E-state index in [2.05, 4.69) is 15.4 Å². The number of fused-ring (bicyclic) bond motifs is 2. The van der Waals surface area contributed by atoms with Crippen molar-refractivity contribution < 1.29 is 19.0 Å². The van der Waals surface area contributed by atoms with Gasteiger partial charge in [0.1, 0.15) is 12.3 Å². The van der Waals surface area contributed by atoms with Crippen LogP contribution in [-0.4, -0.2) is 42.0 Å². The highest BCUT2D eigenvalue weighted by Gasteiger charge is 2.16. The Labute approximate surface area is 174 Å². The van der Waals surface area contributed by atoms with Crippen LogP contribution in [0, 0.1) is 0 Å². The van der Waals surface area contributed by atoms with Crippen LogP contribution in [0.5, 0.6) is 17.2 Å². The Bertz CT molecular complexity index is 1310. The number of amides is 1. The van der Waals surface area contributed by atoms with Crippen LogP contribution in [0.2, 0.25) is 0 Å². The van der Waals surface area contributed by atoms with Gasteiger partial charge in [0.15, 0.2) is 16.6 Å². The van der Waals surface area contributed by atoms with Crippen molar-refractivity contribution >= 4 is 43.4 Å². The summed E-state index contributed by atoms with van der Waals surface area (Å²) in [4.78, 5) is 29.8. The average Bonchev–Trinajstić information content (AvgIpc) is 3.15. The van der Waals surface area contributed by atoms with Crippen LogP contribution in [0.1, 0.15) is 0 Å². The van der Waals surface area contributed by atoms with Crippen molar-refractivity contribution in [3.05, 3.63) is 46.9 Å². The summed E-state index contributed by atoms with van der Waals surface area (Å²) in [6, 6.07) is 8.87. The van der Waals surface area contributed by atoms with E-state index in [0.29, 0.717) is 33.2 Å². The van der Waals surface area contributed by atoms with Crippen LogP contribution in [0.4, 0.5) is 5.13 Å². The SMILES string of the molecule is COc1ccc2nc(NC(=O)Cn3ncc4ccc(OC)c(OC)c4c3=O)sc2c1. The van der Waals surface area contributed by atoms with E-state index in [1.807, 2.05) is 12.1 Å². The van der Waals surface area contributed by atoms with Crippen LogP contribution in [0.15, 0.2) is 41.3 Å². The summed E-state index contributed by atoms with van der Waals surface area (Å²) in [7, 11) is 4.53. The monoisotopic (exact) mass is 426 g/mol. The summed E-state index contributed by atoms with van der Waals surface area (Å²) in [5, 5.41) is 8.13. The molecule has 0 radical (unpaired) electrons. The molecule has 0 fully saturated rings. The third-order valence-corrected chi connectivity index (χ3v) is 5.43. The number of carbonyl (C=O) groups is 1. The molecule has 2 heterocycles. The van der Waals surface area contributed by atoms with Crippen LogP contribution < -0.4 is 25.1 Å². The second-order valence-corrected chi connectivity index (χ2v) is 7.30. The van der Waals surface area contributed by atoms with Gasteiger partial charge in [-0.25, -0.2) is 9.67 Å². The molecule has 0 bridgehead atoms. The number of rotatable bonds is 6. The molecule has 2 aromatic heterocycles. The van der Waals surface area contributed by atoms with E-state index in [0.717, 1.165) is 14.9 Å². The highest BCUT2D eigenvalue weighted by atomic mass is 32.1. The van der Waals surface area contributed by atoms with Gasteiger partial charge in [-0.2, -0.15) is 5.10 Å². The molecule has 0 spiro atoms. The fourth-order valence-corrected chi connectivity index (χ4v) is 3.99. The minimum Gasteiger partial charge on any atom is -0.497 e. The number of hydrogen-bond acceptors (Lipinski definition) is 8. The summed E-state index contributed by atoms with van der Waals surface area (Å²) >= 11 is 1.32. The number of aromatic nitrogens is 3. The Balaban J connectivity index is 1.61. The molecule has 1 N–H and O–H groups in total. The van der Waals surface area contributed by atoms with E-state index in [4.69, 9.17) is 14.2 Å². The summed E-state index contributed by atoms with van der Waals surface area (Å²) < 4.78 is 17.8. The van der Waals surface area contributed by atoms with E-state index in [-0.39, 0.29) is 6.54 Å². The molecule has 4 rings (SSSR count). The first-order chi connectivity index (χ1) is 14.5. The van der Waals surface area contributed by atoms with E-state index in [9.17, 15) is 9.59 Å². The van der Waals surface area contributed by atoms with Gasteiger partial charge >= 0.3 is 0 Å². The molecule has 0 saturated heterocycles. The molecular formula is C20H18N4O5S. The minimum absolute atomic E-state index is 0.269. The number of methoxy groups -OCH3 is 3. The van der Waals surface area contributed by atoms with Gasteiger partial charge in [-0.1, -0.05) is 11.3 Å². The number of nitrogens with one attached hydrogen (secondary N) is 1. The number of anilines is 1. The number of benzene rings is 2. The van der Waals surface area contributed by atoms with Gasteiger partial charge in [0.2, 0.25) is 5.91 Å². The first-order valence-corrected chi connectivity index (χ1v) is 9.71. The summed E-state index contributed by atoms with van der Waals surface area (Å²) in [5.41, 5.74) is 0.293. The molecule has 0 aliphatic heterocycles. The van der Waals surface area contributed by atoms with E-state index >= 15 is 0 Å². The number of hydrogen-bond donors (Lipinski definition) is 1. The molecule has 4 aromatic rings. The summed E-state index contributed by atoms with van der Waals surface area (Å²) in [6.07, 6.45) is 1.51. The average molecular weight is 426 g/mol. The van der Waals surface area contributed by atoms with Crippen molar-refractivity contribution in [1.29, 1.82) is 0 Å². The van der Waals surface area contributed by atoms with Gasteiger partial charge in [-0.3, -0.25) is 9.59 Å². The first-order valence-electron chi connectivity index (χ1n) is 8.89. The molecule has 0 saturated carbocycles. The molecule has 0 aliphatic carbocycles. The Morgan fingerprint density at radius 2 is 1.97 bits per heavy atom. The quantitative estimate of drug-likeness (QED) is 0.505. The predicted molar refractivity (Wildman–Crippen MR) is 114 cm³/mol. The zero-order valence-electron chi connectivity index (χ0n) is 16.5. The smallest absolute Gasteiger partial charge is 0.279 e. The molecule has 2 aromatic carbocycles. The van der Waals surface area contributed by atoms with Crippen molar-refractivity contribution in [2.24, 2.45) is 0 Å². The van der Waals surface area contributed by atoms with Crippen LogP contribution >= 0.6 is 11.3 Å². The number of ether oxygens (including phenoxy) is 3. The number of nitrogens with zero attached hydrogens (tertiary/aromatic N) is 3. The van der Waals surface area contributed by atoms with Crippen molar-refractivity contribution in [2.45, 2.75) is 6.54 Å². The summed E-state index contributed by atoms with van der Waals surface area (Å²) in [6.45, 7) is -0.269. The van der Waals surface area contributed by atoms with Crippen molar-refractivity contribution in [2.75, 3.05) is 26.6 Å². The van der Waals surface area contributed by atoms with Crippen LogP contribution in [-0.2, 0) is 11.3 Å². The van der Waals surface area contributed by atoms with Crippen LogP contribution in [0.3, 0.4) is 0 Å². The van der Waals surface area contributed by atoms with E-state index in [1.54, 1.807) is 25.3 Å². The Morgan fingerprint density at radius 1 is 1.13 bits per heavy atom. The van der Waals surface area contributed by atoms with Gasteiger partial charge in [0.05, 0.1) is 43.1 Å². The maximum atomic E-state index is 12.9. The topological polar surface area (TPSA) is 105 Å². The highest BCUT2D eigenvalue weighted by Crippen LogP contribution is 2.33. The lowest BCUT2D eigenvalue weighted by Gasteiger charge is -2.11. The molecule has 10 heteroatoms. The zero-order valence-corrected chi connectivity index (χ0v) is 17.3. The van der Waals surface area contributed by atoms with Crippen molar-refractivity contribution in [3.63, 3.8) is 0 Å². The number of carbonyl (C=O) groups excluding carboxylic acids is 1. The normalized spacial score (nSPS) is 10.9. The lowest BCUT2D eigenvalue weighted by atomic mass is 10.1. The maximum Gasteiger partial charge on any atom is 0.279 e.